The topological polar surface area (TPSA) is 79.6 Å². The minimum absolute atomic E-state index is 0.0493. The molecule has 0 bridgehead atoms. The van der Waals surface area contributed by atoms with E-state index in [1.165, 1.54) is 11.4 Å². The molecule has 0 spiro atoms. The molecule has 0 aliphatic carbocycles. The van der Waals surface area contributed by atoms with Gasteiger partial charge >= 0.3 is 0 Å². The second kappa shape index (κ2) is 7.84. The monoisotopic (exact) mass is 364 g/mol. The largest absolute Gasteiger partial charge is 0.455 e. The van der Waals surface area contributed by atoms with E-state index in [9.17, 15) is 13.2 Å². The van der Waals surface area contributed by atoms with Crippen molar-refractivity contribution in [1.82, 2.24) is 9.62 Å². The lowest BCUT2D eigenvalue weighted by Gasteiger charge is -2.16. The molecule has 1 heterocycles. The minimum atomic E-state index is -3.61. The number of furan rings is 1. The Morgan fingerprint density at radius 1 is 1.16 bits per heavy atom. The quantitative estimate of drug-likeness (QED) is 0.819. The molecule has 2 rings (SSSR count). The summed E-state index contributed by atoms with van der Waals surface area (Å²) in [6.07, 6.45) is 0. The Kier molecular flexibility index (Phi) is 6.02. The van der Waals surface area contributed by atoms with E-state index < -0.39 is 10.0 Å². The lowest BCUT2D eigenvalue weighted by molar-refractivity contribution is 0.0919. The van der Waals surface area contributed by atoms with E-state index in [-0.39, 0.29) is 23.1 Å². The molecule has 0 saturated heterocycles. The van der Waals surface area contributed by atoms with Gasteiger partial charge in [-0.2, -0.15) is 4.31 Å². The fourth-order valence-corrected chi connectivity index (χ4v) is 3.30. The van der Waals surface area contributed by atoms with Crippen molar-refractivity contribution >= 4 is 15.9 Å². The lowest BCUT2D eigenvalue weighted by atomic mass is 10.2. The van der Waals surface area contributed by atoms with Gasteiger partial charge in [0, 0.05) is 13.6 Å². The summed E-state index contributed by atoms with van der Waals surface area (Å²) in [7, 11) is -2.13. The minimum Gasteiger partial charge on any atom is -0.455 e. The number of rotatable bonds is 7. The van der Waals surface area contributed by atoms with Crippen molar-refractivity contribution < 1.29 is 17.6 Å². The van der Waals surface area contributed by atoms with Crippen molar-refractivity contribution in [2.24, 2.45) is 5.92 Å². The number of sulfonamides is 1. The fraction of sp³-hybridized carbons (Fsp3) is 0.389. The SMILES string of the molecule is Cc1ccc(S(=O)(=O)N(C)Cc2ccc(C(=O)NCC(C)C)o2)cc1. The highest BCUT2D eigenvalue weighted by molar-refractivity contribution is 7.89. The van der Waals surface area contributed by atoms with Crippen LogP contribution in [0, 0.1) is 12.8 Å². The molecule has 1 aromatic heterocycles. The van der Waals surface area contributed by atoms with Gasteiger partial charge in [0.1, 0.15) is 5.76 Å². The summed E-state index contributed by atoms with van der Waals surface area (Å²) in [5.41, 5.74) is 0.990. The molecule has 2 aromatic rings. The van der Waals surface area contributed by atoms with E-state index in [4.69, 9.17) is 4.42 Å². The number of hydrogen-bond acceptors (Lipinski definition) is 4. The highest BCUT2D eigenvalue weighted by Crippen LogP contribution is 2.18. The van der Waals surface area contributed by atoms with E-state index in [2.05, 4.69) is 5.32 Å². The summed E-state index contributed by atoms with van der Waals surface area (Å²) in [6, 6.07) is 9.83. The second-order valence-corrected chi connectivity index (χ2v) is 8.49. The summed E-state index contributed by atoms with van der Waals surface area (Å²) < 4.78 is 31.8. The summed E-state index contributed by atoms with van der Waals surface area (Å²) in [4.78, 5) is 12.2. The smallest absolute Gasteiger partial charge is 0.287 e. The summed E-state index contributed by atoms with van der Waals surface area (Å²) >= 11 is 0. The number of carbonyl (C=O) groups excluding carboxylic acids is 1. The van der Waals surface area contributed by atoms with Gasteiger partial charge in [0.05, 0.1) is 11.4 Å². The molecule has 136 valence electrons. The van der Waals surface area contributed by atoms with Crippen LogP contribution in [0.1, 0.15) is 35.7 Å². The molecule has 7 heteroatoms. The van der Waals surface area contributed by atoms with E-state index in [1.54, 1.807) is 36.4 Å². The van der Waals surface area contributed by atoms with Crippen molar-refractivity contribution in [3.63, 3.8) is 0 Å². The van der Waals surface area contributed by atoms with E-state index >= 15 is 0 Å². The van der Waals surface area contributed by atoms with Gasteiger partial charge in [0.2, 0.25) is 10.0 Å². The first-order valence-electron chi connectivity index (χ1n) is 8.10. The van der Waals surface area contributed by atoms with Crippen LogP contribution in [0.2, 0.25) is 0 Å². The molecule has 6 nitrogen and oxygen atoms in total. The third-order valence-corrected chi connectivity index (χ3v) is 5.48. The van der Waals surface area contributed by atoms with Gasteiger partial charge in [-0.15, -0.1) is 0 Å². The Labute approximate surface area is 148 Å². The highest BCUT2D eigenvalue weighted by Gasteiger charge is 2.22. The zero-order valence-electron chi connectivity index (χ0n) is 14.9. The summed E-state index contributed by atoms with van der Waals surface area (Å²) in [6.45, 7) is 6.50. The summed E-state index contributed by atoms with van der Waals surface area (Å²) in [5.74, 6) is 0.623. The van der Waals surface area contributed by atoms with Gasteiger partial charge in [-0.3, -0.25) is 4.79 Å². The number of benzene rings is 1. The van der Waals surface area contributed by atoms with Crippen LogP contribution < -0.4 is 5.32 Å². The molecule has 1 N–H and O–H groups in total. The maximum Gasteiger partial charge on any atom is 0.287 e. The van der Waals surface area contributed by atoms with Crippen LogP contribution in [-0.2, 0) is 16.6 Å². The average molecular weight is 364 g/mol. The maximum absolute atomic E-state index is 12.6. The number of aryl methyl sites for hydroxylation is 1. The number of hydrogen-bond donors (Lipinski definition) is 1. The van der Waals surface area contributed by atoms with Crippen LogP contribution in [0.25, 0.3) is 0 Å². The molecule has 0 saturated carbocycles. The molecule has 0 aliphatic rings. The molecule has 1 aromatic carbocycles. The Morgan fingerprint density at radius 2 is 1.80 bits per heavy atom. The second-order valence-electron chi connectivity index (χ2n) is 6.44. The molecule has 0 aliphatic heterocycles. The third kappa shape index (κ3) is 4.93. The Bertz CT molecular complexity index is 823. The van der Waals surface area contributed by atoms with Gasteiger partial charge in [0.15, 0.2) is 5.76 Å². The normalized spacial score (nSPS) is 11.9. The van der Waals surface area contributed by atoms with Crippen LogP contribution in [0.5, 0.6) is 0 Å². The number of nitrogens with one attached hydrogen (secondary N) is 1. The van der Waals surface area contributed by atoms with Gasteiger partial charge in [-0.05, 0) is 37.1 Å². The van der Waals surface area contributed by atoms with Gasteiger partial charge in [0.25, 0.3) is 5.91 Å². The van der Waals surface area contributed by atoms with Gasteiger partial charge in [-0.1, -0.05) is 31.5 Å². The Morgan fingerprint density at radius 3 is 2.40 bits per heavy atom. The van der Waals surface area contributed by atoms with Gasteiger partial charge in [-0.25, -0.2) is 8.42 Å². The highest BCUT2D eigenvalue weighted by atomic mass is 32.2. The van der Waals surface area contributed by atoms with Crippen LogP contribution in [0.4, 0.5) is 0 Å². The first-order chi connectivity index (χ1) is 11.7. The van der Waals surface area contributed by atoms with Crippen LogP contribution in [0.15, 0.2) is 45.7 Å². The maximum atomic E-state index is 12.6. The van der Waals surface area contributed by atoms with Crippen molar-refractivity contribution in [1.29, 1.82) is 0 Å². The predicted octanol–water partition coefficient (Wildman–Crippen LogP) is 2.79. The molecular weight excluding hydrogens is 340 g/mol. The molecule has 1 amide bonds. The van der Waals surface area contributed by atoms with E-state index in [0.717, 1.165) is 5.56 Å². The van der Waals surface area contributed by atoms with Crippen LogP contribution in [0.3, 0.4) is 0 Å². The molecule has 0 fully saturated rings. The van der Waals surface area contributed by atoms with Crippen molar-refractivity contribution in [2.75, 3.05) is 13.6 Å². The Balaban J connectivity index is 2.06. The number of amides is 1. The molecule has 0 atom stereocenters. The molecule has 0 unspecified atom stereocenters. The van der Waals surface area contributed by atoms with Crippen LogP contribution in [-0.4, -0.2) is 32.2 Å². The molecule has 25 heavy (non-hydrogen) atoms. The zero-order valence-corrected chi connectivity index (χ0v) is 15.8. The van der Waals surface area contributed by atoms with E-state index in [1.807, 2.05) is 20.8 Å². The number of nitrogens with zero attached hydrogens (tertiary/aromatic N) is 1. The first-order valence-corrected chi connectivity index (χ1v) is 9.54. The van der Waals surface area contributed by atoms with Crippen molar-refractivity contribution in [3.8, 4) is 0 Å². The zero-order chi connectivity index (χ0) is 18.6. The lowest BCUT2D eigenvalue weighted by Crippen LogP contribution is -2.27. The fourth-order valence-electron chi connectivity index (χ4n) is 2.16. The standard InChI is InChI=1S/C18H24N2O4S/c1-13(2)11-19-18(21)17-10-7-15(24-17)12-20(4)25(22,23)16-8-5-14(3)6-9-16/h5-10,13H,11-12H2,1-4H3,(H,19,21). The Hall–Kier alpha value is -2.12. The average Bonchev–Trinajstić information content (AvgIpc) is 3.01. The predicted molar refractivity (Wildman–Crippen MR) is 95.7 cm³/mol. The first kappa shape index (κ1) is 19.2. The molecule has 0 radical (unpaired) electrons. The van der Waals surface area contributed by atoms with Crippen LogP contribution >= 0.6 is 0 Å². The summed E-state index contributed by atoms with van der Waals surface area (Å²) in [5, 5.41) is 2.76. The molecular formula is C18H24N2O4S. The van der Waals surface area contributed by atoms with Gasteiger partial charge < -0.3 is 9.73 Å². The van der Waals surface area contributed by atoms with Crippen molar-refractivity contribution in [3.05, 3.63) is 53.5 Å². The third-order valence-electron chi connectivity index (χ3n) is 3.66. The van der Waals surface area contributed by atoms with E-state index in [0.29, 0.717) is 18.2 Å². The number of carbonyl (C=O) groups is 1. The van der Waals surface area contributed by atoms with Crippen molar-refractivity contribution in [2.45, 2.75) is 32.2 Å².